The van der Waals surface area contributed by atoms with Crippen LogP contribution in [0.25, 0.3) is 0 Å². The van der Waals surface area contributed by atoms with Crippen LogP contribution >= 0.6 is 0 Å². The highest BCUT2D eigenvalue weighted by atomic mass is 16.4. The molecule has 0 aromatic carbocycles. The van der Waals surface area contributed by atoms with Gasteiger partial charge in [-0.2, -0.15) is 0 Å². The lowest BCUT2D eigenvalue weighted by Crippen LogP contribution is -2.52. The molecule has 0 radical (unpaired) electrons. The molecule has 0 amide bonds. The van der Waals surface area contributed by atoms with Crippen LogP contribution in [0.5, 0.6) is 0 Å². The van der Waals surface area contributed by atoms with Crippen molar-refractivity contribution in [2.24, 2.45) is 11.7 Å². The Labute approximate surface area is 78.7 Å². The SMILES string of the molecule is CC(C)N1CCC(N)C(C(=O)O)C1. The highest BCUT2D eigenvalue weighted by Gasteiger charge is 2.32. The standard InChI is InChI=1S/C9H18N2O2/c1-6(2)11-4-3-8(10)7(5-11)9(12)13/h6-8H,3-5,10H2,1-2H3,(H,12,13). The first kappa shape index (κ1) is 10.5. The lowest BCUT2D eigenvalue weighted by Gasteiger charge is -2.37. The number of carboxylic acid groups (broad SMARTS) is 1. The summed E-state index contributed by atoms with van der Waals surface area (Å²) in [6.07, 6.45) is 0.787. The van der Waals surface area contributed by atoms with E-state index in [0.717, 1.165) is 13.0 Å². The lowest BCUT2D eigenvalue weighted by atomic mass is 9.92. The van der Waals surface area contributed by atoms with Crippen molar-refractivity contribution in [3.63, 3.8) is 0 Å². The van der Waals surface area contributed by atoms with E-state index >= 15 is 0 Å². The predicted octanol–water partition coefficient (Wildman–Crippen LogP) is 0.129. The maximum Gasteiger partial charge on any atom is 0.309 e. The van der Waals surface area contributed by atoms with Crippen LogP contribution in [0, 0.1) is 5.92 Å². The number of hydrogen-bond donors (Lipinski definition) is 2. The van der Waals surface area contributed by atoms with E-state index in [2.05, 4.69) is 18.7 Å². The van der Waals surface area contributed by atoms with Crippen molar-refractivity contribution in [1.82, 2.24) is 4.90 Å². The van der Waals surface area contributed by atoms with Gasteiger partial charge < -0.3 is 10.8 Å². The van der Waals surface area contributed by atoms with Crippen molar-refractivity contribution >= 4 is 5.97 Å². The molecule has 0 bridgehead atoms. The van der Waals surface area contributed by atoms with E-state index in [1.54, 1.807) is 0 Å². The number of nitrogens with zero attached hydrogens (tertiary/aromatic N) is 1. The van der Waals surface area contributed by atoms with Gasteiger partial charge in [0.1, 0.15) is 0 Å². The van der Waals surface area contributed by atoms with E-state index in [0.29, 0.717) is 12.6 Å². The zero-order valence-corrected chi connectivity index (χ0v) is 8.23. The monoisotopic (exact) mass is 186 g/mol. The average molecular weight is 186 g/mol. The van der Waals surface area contributed by atoms with Gasteiger partial charge in [0.05, 0.1) is 5.92 Å². The minimum absolute atomic E-state index is 0.174. The molecule has 0 aromatic heterocycles. The first-order valence-corrected chi connectivity index (χ1v) is 4.74. The summed E-state index contributed by atoms with van der Waals surface area (Å²) >= 11 is 0. The third-order valence-corrected chi connectivity index (χ3v) is 2.75. The summed E-state index contributed by atoms with van der Waals surface area (Å²) in [7, 11) is 0. The lowest BCUT2D eigenvalue weighted by molar-refractivity contribution is -0.144. The van der Waals surface area contributed by atoms with Crippen molar-refractivity contribution < 1.29 is 9.90 Å². The number of carboxylic acids is 1. The molecular weight excluding hydrogens is 168 g/mol. The molecule has 0 saturated carbocycles. The third-order valence-electron chi connectivity index (χ3n) is 2.75. The smallest absolute Gasteiger partial charge is 0.309 e. The minimum atomic E-state index is -0.766. The molecule has 0 spiro atoms. The van der Waals surface area contributed by atoms with Crippen LogP contribution in [0.1, 0.15) is 20.3 Å². The summed E-state index contributed by atoms with van der Waals surface area (Å²) in [5.41, 5.74) is 5.73. The van der Waals surface area contributed by atoms with Crippen molar-refractivity contribution in [2.75, 3.05) is 13.1 Å². The van der Waals surface area contributed by atoms with Crippen LogP contribution in [0.4, 0.5) is 0 Å². The number of hydrogen-bond acceptors (Lipinski definition) is 3. The number of piperidine rings is 1. The molecule has 3 N–H and O–H groups in total. The molecule has 1 saturated heterocycles. The Bertz CT molecular complexity index is 194. The van der Waals surface area contributed by atoms with Gasteiger partial charge in [0.25, 0.3) is 0 Å². The van der Waals surface area contributed by atoms with Crippen molar-refractivity contribution in [1.29, 1.82) is 0 Å². The normalized spacial score (nSPS) is 30.8. The molecule has 4 nitrogen and oxygen atoms in total. The minimum Gasteiger partial charge on any atom is -0.481 e. The maximum atomic E-state index is 10.8. The number of carbonyl (C=O) groups is 1. The number of aliphatic carboxylic acids is 1. The highest BCUT2D eigenvalue weighted by molar-refractivity contribution is 5.71. The van der Waals surface area contributed by atoms with Crippen LogP contribution in [-0.4, -0.2) is 41.1 Å². The molecule has 2 atom stereocenters. The third kappa shape index (κ3) is 2.42. The quantitative estimate of drug-likeness (QED) is 0.643. The second-order valence-corrected chi connectivity index (χ2v) is 3.99. The van der Waals surface area contributed by atoms with Crippen LogP contribution in [0.3, 0.4) is 0 Å². The molecule has 1 heterocycles. The Morgan fingerprint density at radius 2 is 2.23 bits per heavy atom. The molecule has 1 rings (SSSR count). The van der Waals surface area contributed by atoms with E-state index in [9.17, 15) is 4.79 Å². The number of rotatable bonds is 2. The van der Waals surface area contributed by atoms with Gasteiger partial charge in [0.15, 0.2) is 0 Å². The number of nitrogens with two attached hydrogens (primary N) is 1. The van der Waals surface area contributed by atoms with Gasteiger partial charge in [-0.15, -0.1) is 0 Å². The molecule has 76 valence electrons. The van der Waals surface area contributed by atoms with Gasteiger partial charge in [-0.3, -0.25) is 9.69 Å². The first-order chi connectivity index (χ1) is 6.02. The fraction of sp³-hybridized carbons (Fsp3) is 0.889. The largest absolute Gasteiger partial charge is 0.481 e. The molecule has 1 fully saturated rings. The first-order valence-electron chi connectivity index (χ1n) is 4.74. The Hall–Kier alpha value is -0.610. The van der Waals surface area contributed by atoms with Gasteiger partial charge in [-0.25, -0.2) is 0 Å². The molecular formula is C9H18N2O2. The maximum absolute atomic E-state index is 10.8. The van der Waals surface area contributed by atoms with Crippen molar-refractivity contribution in [3.8, 4) is 0 Å². The summed E-state index contributed by atoms with van der Waals surface area (Å²) in [5, 5.41) is 8.90. The van der Waals surface area contributed by atoms with E-state index in [4.69, 9.17) is 10.8 Å². The van der Waals surface area contributed by atoms with Crippen molar-refractivity contribution in [3.05, 3.63) is 0 Å². The van der Waals surface area contributed by atoms with Crippen LogP contribution in [-0.2, 0) is 4.79 Å². The summed E-state index contributed by atoms with van der Waals surface area (Å²) < 4.78 is 0. The van der Waals surface area contributed by atoms with Gasteiger partial charge in [0.2, 0.25) is 0 Å². The van der Waals surface area contributed by atoms with Crippen LogP contribution in [0.2, 0.25) is 0 Å². The zero-order chi connectivity index (χ0) is 10.0. The van der Waals surface area contributed by atoms with E-state index in [1.807, 2.05) is 0 Å². The summed E-state index contributed by atoms with van der Waals surface area (Å²) in [5.74, 6) is -1.16. The van der Waals surface area contributed by atoms with Gasteiger partial charge >= 0.3 is 5.97 Å². The van der Waals surface area contributed by atoms with E-state index in [1.165, 1.54) is 0 Å². The summed E-state index contributed by atoms with van der Waals surface area (Å²) in [4.78, 5) is 13.0. The topological polar surface area (TPSA) is 66.6 Å². The second kappa shape index (κ2) is 4.07. The van der Waals surface area contributed by atoms with E-state index < -0.39 is 11.9 Å². The second-order valence-electron chi connectivity index (χ2n) is 3.99. The molecule has 1 aliphatic rings. The Morgan fingerprint density at radius 1 is 1.62 bits per heavy atom. The van der Waals surface area contributed by atoms with Crippen LogP contribution < -0.4 is 5.73 Å². The molecule has 13 heavy (non-hydrogen) atoms. The fourth-order valence-corrected chi connectivity index (χ4v) is 1.73. The number of likely N-dealkylation sites (tertiary alicyclic amines) is 1. The molecule has 2 unspecified atom stereocenters. The Morgan fingerprint density at radius 3 is 2.69 bits per heavy atom. The highest BCUT2D eigenvalue weighted by Crippen LogP contribution is 2.17. The van der Waals surface area contributed by atoms with Crippen molar-refractivity contribution in [2.45, 2.75) is 32.4 Å². The van der Waals surface area contributed by atoms with Crippen LogP contribution in [0.15, 0.2) is 0 Å². The van der Waals surface area contributed by atoms with Gasteiger partial charge in [-0.1, -0.05) is 0 Å². The average Bonchev–Trinajstić information content (AvgIpc) is 2.04. The Kier molecular flexibility index (Phi) is 3.27. The summed E-state index contributed by atoms with van der Waals surface area (Å²) in [6.45, 7) is 5.67. The Balaban J connectivity index is 2.58. The van der Waals surface area contributed by atoms with E-state index in [-0.39, 0.29) is 6.04 Å². The summed E-state index contributed by atoms with van der Waals surface area (Å²) in [6, 6.07) is 0.238. The molecule has 4 heteroatoms. The fourth-order valence-electron chi connectivity index (χ4n) is 1.73. The van der Waals surface area contributed by atoms with Gasteiger partial charge in [-0.05, 0) is 26.8 Å². The molecule has 0 aliphatic carbocycles. The zero-order valence-electron chi connectivity index (χ0n) is 8.23. The predicted molar refractivity (Wildman–Crippen MR) is 50.4 cm³/mol. The van der Waals surface area contributed by atoms with Gasteiger partial charge in [0, 0.05) is 18.6 Å². The molecule has 0 aromatic rings. The molecule has 1 aliphatic heterocycles.